The van der Waals surface area contributed by atoms with Crippen molar-refractivity contribution in [3.8, 4) is 16.9 Å². The van der Waals surface area contributed by atoms with Crippen LogP contribution in [-0.4, -0.2) is 5.11 Å². The van der Waals surface area contributed by atoms with Crippen molar-refractivity contribution in [3.63, 3.8) is 0 Å². The molecule has 1 N–H and O–H groups in total. The van der Waals surface area contributed by atoms with E-state index < -0.39 is 17.4 Å². The molecule has 0 saturated carbocycles. The molecular formula is C14H12F2O. The molecule has 0 heterocycles. The lowest BCUT2D eigenvalue weighted by molar-refractivity contribution is 0.408. The van der Waals surface area contributed by atoms with Crippen LogP contribution in [0.15, 0.2) is 36.4 Å². The lowest BCUT2D eigenvalue weighted by Crippen LogP contribution is -1.91. The molecule has 0 aliphatic rings. The highest BCUT2D eigenvalue weighted by Crippen LogP contribution is 2.29. The average Bonchev–Trinajstić information content (AvgIpc) is 2.36. The van der Waals surface area contributed by atoms with E-state index in [1.807, 2.05) is 19.1 Å². The maximum atomic E-state index is 13.6. The summed E-state index contributed by atoms with van der Waals surface area (Å²) in [6.07, 6.45) is 0.829. The Hall–Kier alpha value is -1.90. The first-order valence-electron chi connectivity index (χ1n) is 5.39. The molecule has 2 rings (SSSR count). The fourth-order valence-corrected chi connectivity index (χ4v) is 1.72. The van der Waals surface area contributed by atoms with E-state index >= 15 is 0 Å². The molecule has 3 heteroatoms. The normalized spacial score (nSPS) is 10.5. The van der Waals surface area contributed by atoms with Gasteiger partial charge in [0.1, 0.15) is 0 Å². The van der Waals surface area contributed by atoms with Crippen molar-refractivity contribution in [2.24, 2.45) is 0 Å². The molecular weight excluding hydrogens is 222 g/mol. The molecule has 0 aliphatic heterocycles. The Morgan fingerprint density at radius 1 is 1.06 bits per heavy atom. The molecule has 1 nitrogen and oxygen atoms in total. The minimum atomic E-state index is -1.20. The second-order valence-electron chi connectivity index (χ2n) is 3.81. The molecule has 0 unspecified atom stereocenters. The Balaban J connectivity index is 2.56. The average molecular weight is 234 g/mol. The summed E-state index contributed by atoms with van der Waals surface area (Å²) in [6, 6.07) is 9.80. The minimum Gasteiger partial charge on any atom is -0.505 e. The summed E-state index contributed by atoms with van der Waals surface area (Å²) in [6.45, 7) is 1.99. The fraction of sp³-hybridized carbons (Fsp3) is 0.143. The molecule has 2 aromatic rings. The third-order valence-corrected chi connectivity index (χ3v) is 2.71. The van der Waals surface area contributed by atoms with Gasteiger partial charge in [0.2, 0.25) is 5.82 Å². The van der Waals surface area contributed by atoms with E-state index in [4.69, 9.17) is 5.11 Å². The Morgan fingerprint density at radius 3 is 2.53 bits per heavy atom. The zero-order valence-electron chi connectivity index (χ0n) is 9.37. The maximum Gasteiger partial charge on any atom is 0.200 e. The maximum absolute atomic E-state index is 13.6. The van der Waals surface area contributed by atoms with Gasteiger partial charge in [-0.05, 0) is 29.7 Å². The molecule has 17 heavy (non-hydrogen) atoms. The van der Waals surface area contributed by atoms with Crippen LogP contribution in [0, 0.1) is 11.6 Å². The lowest BCUT2D eigenvalue weighted by atomic mass is 10.0. The number of phenols is 1. The van der Waals surface area contributed by atoms with Gasteiger partial charge in [0.05, 0.1) is 0 Å². The third-order valence-electron chi connectivity index (χ3n) is 2.71. The predicted octanol–water partition coefficient (Wildman–Crippen LogP) is 3.90. The van der Waals surface area contributed by atoms with Crippen LogP contribution in [-0.2, 0) is 6.42 Å². The molecule has 0 fully saturated rings. The minimum absolute atomic E-state index is 0.163. The third kappa shape index (κ3) is 2.13. The van der Waals surface area contributed by atoms with Gasteiger partial charge in [0, 0.05) is 5.56 Å². The predicted molar refractivity (Wildman–Crippen MR) is 62.8 cm³/mol. The van der Waals surface area contributed by atoms with Gasteiger partial charge >= 0.3 is 0 Å². The summed E-state index contributed by atoms with van der Waals surface area (Å²) >= 11 is 0. The molecule has 2 aromatic carbocycles. The summed E-state index contributed by atoms with van der Waals surface area (Å²) in [7, 11) is 0. The van der Waals surface area contributed by atoms with Crippen molar-refractivity contribution >= 4 is 0 Å². The lowest BCUT2D eigenvalue weighted by Gasteiger charge is -2.07. The van der Waals surface area contributed by atoms with Crippen molar-refractivity contribution in [2.75, 3.05) is 0 Å². The highest BCUT2D eigenvalue weighted by Gasteiger charge is 2.13. The molecule has 0 bridgehead atoms. The first-order chi connectivity index (χ1) is 8.13. The largest absolute Gasteiger partial charge is 0.505 e. The van der Waals surface area contributed by atoms with Crippen LogP contribution in [0.2, 0.25) is 0 Å². The van der Waals surface area contributed by atoms with Gasteiger partial charge in [-0.2, -0.15) is 4.39 Å². The van der Waals surface area contributed by atoms with Gasteiger partial charge in [-0.15, -0.1) is 0 Å². The number of hydrogen-bond acceptors (Lipinski definition) is 1. The van der Waals surface area contributed by atoms with Crippen LogP contribution >= 0.6 is 0 Å². The molecule has 0 amide bonds. The van der Waals surface area contributed by atoms with Gasteiger partial charge in [-0.1, -0.05) is 31.2 Å². The zero-order valence-corrected chi connectivity index (χ0v) is 9.37. The molecule has 0 aliphatic carbocycles. The van der Waals surface area contributed by atoms with Gasteiger partial charge in [-0.3, -0.25) is 0 Å². The van der Waals surface area contributed by atoms with E-state index in [-0.39, 0.29) is 5.56 Å². The smallest absolute Gasteiger partial charge is 0.200 e. The van der Waals surface area contributed by atoms with Crippen LogP contribution < -0.4 is 0 Å². The summed E-state index contributed by atoms with van der Waals surface area (Å²) in [5.74, 6) is -2.89. The standard InChI is InChI=1S/C14H12F2O/c1-2-9-4-3-5-10(8-9)11-6-7-12(17)14(16)13(11)15/h3-8,17H,2H2,1H3. The monoisotopic (exact) mass is 234 g/mol. The number of benzene rings is 2. The zero-order chi connectivity index (χ0) is 12.4. The van der Waals surface area contributed by atoms with Gasteiger partial charge in [0.25, 0.3) is 0 Å². The van der Waals surface area contributed by atoms with E-state index in [0.29, 0.717) is 5.56 Å². The fourth-order valence-electron chi connectivity index (χ4n) is 1.72. The highest BCUT2D eigenvalue weighted by atomic mass is 19.2. The number of phenolic OH excluding ortho intramolecular Hbond substituents is 1. The van der Waals surface area contributed by atoms with Crippen LogP contribution in [0.25, 0.3) is 11.1 Å². The number of aromatic hydroxyl groups is 1. The van der Waals surface area contributed by atoms with Gasteiger partial charge in [0.15, 0.2) is 11.6 Å². The number of hydrogen-bond donors (Lipinski definition) is 1. The van der Waals surface area contributed by atoms with Crippen LogP contribution in [0.4, 0.5) is 8.78 Å². The van der Waals surface area contributed by atoms with Crippen molar-refractivity contribution in [1.82, 2.24) is 0 Å². The Morgan fingerprint density at radius 2 is 1.82 bits per heavy atom. The molecule has 0 spiro atoms. The highest BCUT2D eigenvalue weighted by molar-refractivity contribution is 5.66. The van der Waals surface area contributed by atoms with E-state index in [1.165, 1.54) is 6.07 Å². The Bertz CT molecular complexity index is 550. The van der Waals surface area contributed by atoms with Crippen molar-refractivity contribution < 1.29 is 13.9 Å². The molecule has 88 valence electrons. The Kier molecular flexibility index (Phi) is 3.09. The first kappa shape index (κ1) is 11.6. The first-order valence-corrected chi connectivity index (χ1v) is 5.39. The van der Waals surface area contributed by atoms with Gasteiger partial charge in [-0.25, -0.2) is 4.39 Å². The Labute approximate surface area is 98.3 Å². The van der Waals surface area contributed by atoms with Crippen LogP contribution in [0.3, 0.4) is 0 Å². The van der Waals surface area contributed by atoms with Gasteiger partial charge < -0.3 is 5.11 Å². The van der Waals surface area contributed by atoms with E-state index in [1.54, 1.807) is 12.1 Å². The molecule has 0 saturated heterocycles. The second kappa shape index (κ2) is 4.53. The van der Waals surface area contributed by atoms with Crippen molar-refractivity contribution in [3.05, 3.63) is 53.6 Å². The summed E-state index contributed by atoms with van der Waals surface area (Å²) in [4.78, 5) is 0. The topological polar surface area (TPSA) is 20.2 Å². The van der Waals surface area contributed by atoms with E-state index in [9.17, 15) is 8.78 Å². The summed E-state index contributed by atoms with van der Waals surface area (Å²) < 4.78 is 26.9. The van der Waals surface area contributed by atoms with Crippen molar-refractivity contribution in [1.29, 1.82) is 0 Å². The molecule has 0 aromatic heterocycles. The van der Waals surface area contributed by atoms with Crippen LogP contribution in [0.5, 0.6) is 5.75 Å². The quantitative estimate of drug-likeness (QED) is 0.835. The number of halogens is 2. The second-order valence-corrected chi connectivity index (χ2v) is 3.81. The van der Waals surface area contributed by atoms with E-state index in [2.05, 4.69) is 0 Å². The number of aryl methyl sites for hydroxylation is 1. The number of rotatable bonds is 2. The SMILES string of the molecule is CCc1cccc(-c2ccc(O)c(F)c2F)c1. The van der Waals surface area contributed by atoms with E-state index in [0.717, 1.165) is 18.1 Å². The molecule has 0 atom stereocenters. The van der Waals surface area contributed by atoms with Crippen molar-refractivity contribution in [2.45, 2.75) is 13.3 Å². The molecule has 0 radical (unpaired) electrons. The summed E-state index contributed by atoms with van der Waals surface area (Å²) in [5, 5.41) is 9.06. The van der Waals surface area contributed by atoms with Crippen LogP contribution in [0.1, 0.15) is 12.5 Å². The summed E-state index contributed by atoms with van der Waals surface area (Å²) in [5.41, 5.74) is 1.83.